The van der Waals surface area contributed by atoms with Crippen molar-refractivity contribution in [2.24, 2.45) is 0 Å². The van der Waals surface area contributed by atoms with Gasteiger partial charge in [0.1, 0.15) is 23.7 Å². The van der Waals surface area contributed by atoms with Crippen LogP contribution in [0.5, 0.6) is 5.75 Å². The molecule has 0 saturated heterocycles. The summed E-state index contributed by atoms with van der Waals surface area (Å²) in [5.41, 5.74) is 4.20. The molecule has 0 saturated carbocycles. The third-order valence-electron chi connectivity index (χ3n) is 5.29. The van der Waals surface area contributed by atoms with E-state index in [1.54, 1.807) is 19.2 Å². The molecule has 0 bridgehead atoms. The molecule has 7 heteroatoms. The van der Waals surface area contributed by atoms with Crippen LogP contribution in [0.15, 0.2) is 54.7 Å². The normalized spacial score (nSPS) is 11.6. The summed E-state index contributed by atoms with van der Waals surface area (Å²) in [6, 6.07) is 14.2. The van der Waals surface area contributed by atoms with Gasteiger partial charge in [0.15, 0.2) is 0 Å². The number of aryl methyl sites for hydroxylation is 4. The lowest BCUT2D eigenvalue weighted by atomic mass is 10.1. The number of aldehydes is 1. The molecule has 4 aromatic rings. The van der Waals surface area contributed by atoms with Crippen molar-refractivity contribution in [2.45, 2.75) is 46.5 Å². The van der Waals surface area contributed by atoms with Crippen LogP contribution < -0.4 is 4.74 Å². The fraction of sp³-hybridized carbons (Fsp3) is 0.296. The number of ether oxygens (including phenoxy) is 1. The minimum absolute atomic E-state index is 0.239. The Kier molecular flexibility index (Phi) is 9.10. The number of thiazole rings is 1. The molecule has 0 spiro atoms. The monoisotopic (exact) mass is 479 g/mol. The zero-order valence-electron chi connectivity index (χ0n) is 20.0. The molecule has 0 atom stereocenters. The lowest BCUT2D eigenvalue weighted by Crippen LogP contribution is -1.98. The summed E-state index contributed by atoms with van der Waals surface area (Å²) in [6.45, 7) is 5.59. The fourth-order valence-electron chi connectivity index (χ4n) is 3.71. The standard InChI is InChI=1S/C18H17FN2O.C7H9NS.C2H4O/c1-3-18-20-17(13-4-10-16(22-2)11-5-13)12-21(18)15-8-6-14(19)7-9-15;1-5-8-6-3-2-4-7(6)9-5;1-2-3/h4-12H,3H2,1-2H3;2-4H2,1H3;2H,1H3. The zero-order valence-corrected chi connectivity index (χ0v) is 20.9. The highest BCUT2D eigenvalue weighted by molar-refractivity contribution is 7.11. The Hall–Kier alpha value is -3.32. The van der Waals surface area contributed by atoms with E-state index in [2.05, 4.69) is 23.8 Å². The van der Waals surface area contributed by atoms with E-state index in [1.165, 1.54) is 53.9 Å². The first-order valence-corrected chi connectivity index (χ1v) is 12.1. The predicted molar refractivity (Wildman–Crippen MR) is 136 cm³/mol. The summed E-state index contributed by atoms with van der Waals surface area (Å²) in [5, 5.41) is 1.24. The quantitative estimate of drug-likeness (QED) is 0.318. The maximum Gasteiger partial charge on any atom is 0.123 e. The maximum absolute atomic E-state index is 13.1. The Morgan fingerprint density at radius 2 is 1.76 bits per heavy atom. The third kappa shape index (κ3) is 6.38. The van der Waals surface area contributed by atoms with E-state index in [0.29, 0.717) is 0 Å². The molecule has 0 N–H and O–H groups in total. The number of benzene rings is 2. The molecular formula is C27H30FN3O2S. The number of fused-ring (bicyclic) bond motifs is 1. The van der Waals surface area contributed by atoms with Gasteiger partial charge in [-0.05, 0) is 81.6 Å². The van der Waals surface area contributed by atoms with Gasteiger partial charge in [0.05, 0.1) is 23.5 Å². The molecule has 5 rings (SSSR count). The van der Waals surface area contributed by atoms with Crippen LogP contribution in [0.3, 0.4) is 0 Å². The highest BCUT2D eigenvalue weighted by atomic mass is 32.1. The Morgan fingerprint density at radius 3 is 2.35 bits per heavy atom. The summed E-state index contributed by atoms with van der Waals surface area (Å²) in [6.07, 6.45) is 7.36. The molecule has 2 heterocycles. The Morgan fingerprint density at radius 1 is 1.09 bits per heavy atom. The van der Waals surface area contributed by atoms with Crippen molar-refractivity contribution in [3.8, 4) is 22.7 Å². The Labute approximate surface area is 204 Å². The van der Waals surface area contributed by atoms with E-state index in [1.807, 2.05) is 46.4 Å². The molecule has 178 valence electrons. The van der Waals surface area contributed by atoms with Crippen molar-refractivity contribution < 1.29 is 13.9 Å². The number of nitrogens with zero attached hydrogens (tertiary/aromatic N) is 3. The number of carbonyl (C=O) groups excluding carboxylic acids is 1. The Bertz CT molecular complexity index is 1180. The van der Waals surface area contributed by atoms with E-state index in [4.69, 9.17) is 9.53 Å². The van der Waals surface area contributed by atoms with Crippen molar-refractivity contribution in [2.75, 3.05) is 7.11 Å². The number of aromatic nitrogens is 3. The van der Waals surface area contributed by atoms with Gasteiger partial charge in [-0.3, -0.25) is 0 Å². The first kappa shape index (κ1) is 25.3. The second-order valence-electron chi connectivity index (χ2n) is 7.66. The van der Waals surface area contributed by atoms with Crippen molar-refractivity contribution in [3.63, 3.8) is 0 Å². The van der Waals surface area contributed by atoms with Crippen molar-refractivity contribution in [1.82, 2.24) is 14.5 Å². The van der Waals surface area contributed by atoms with Crippen LogP contribution in [0.1, 0.15) is 41.7 Å². The number of carbonyl (C=O) groups is 1. The van der Waals surface area contributed by atoms with Gasteiger partial charge in [-0.15, -0.1) is 11.3 Å². The molecule has 1 aliphatic carbocycles. The highest BCUT2D eigenvalue weighted by Gasteiger charge is 2.14. The molecule has 0 radical (unpaired) electrons. The van der Waals surface area contributed by atoms with Crippen LogP contribution in [0.4, 0.5) is 4.39 Å². The van der Waals surface area contributed by atoms with E-state index in [0.717, 1.165) is 41.2 Å². The molecule has 0 aliphatic heterocycles. The summed E-state index contributed by atoms with van der Waals surface area (Å²) < 4.78 is 20.3. The lowest BCUT2D eigenvalue weighted by molar-refractivity contribution is -0.106. The van der Waals surface area contributed by atoms with Gasteiger partial charge >= 0.3 is 0 Å². The first-order valence-electron chi connectivity index (χ1n) is 11.3. The van der Waals surface area contributed by atoms with Crippen molar-refractivity contribution >= 4 is 17.6 Å². The van der Waals surface area contributed by atoms with Crippen LogP contribution in [0, 0.1) is 12.7 Å². The maximum atomic E-state index is 13.1. The zero-order chi connectivity index (χ0) is 24.5. The molecule has 0 unspecified atom stereocenters. The number of rotatable bonds is 4. The largest absolute Gasteiger partial charge is 0.497 e. The fourth-order valence-corrected chi connectivity index (χ4v) is 4.74. The van der Waals surface area contributed by atoms with Crippen LogP contribution in [0.25, 0.3) is 16.9 Å². The van der Waals surface area contributed by atoms with E-state index >= 15 is 0 Å². The topological polar surface area (TPSA) is 57.0 Å². The molecule has 1 aliphatic rings. The van der Waals surface area contributed by atoms with Gasteiger partial charge in [0, 0.05) is 28.7 Å². The number of imidazole rings is 1. The Balaban J connectivity index is 0.000000222. The van der Waals surface area contributed by atoms with Gasteiger partial charge in [-0.2, -0.15) is 0 Å². The number of hydrogen-bond acceptors (Lipinski definition) is 5. The molecule has 0 fully saturated rings. The van der Waals surface area contributed by atoms with E-state index in [9.17, 15) is 4.39 Å². The molecule has 0 amide bonds. The van der Waals surface area contributed by atoms with Gasteiger partial charge in [0.25, 0.3) is 0 Å². The predicted octanol–water partition coefficient (Wildman–Crippen LogP) is 6.39. The lowest BCUT2D eigenvalue weighted by Gasteiger charge is -2.05. The first-order chi connectivity index (χ1) is 16.5. The average Bonchev–Trinajstić information content (AvgIpc) is 3.55. The minimum Gasteiger partial charge on any atom is -0.497 e. The molecule has 34 heavy (non-hydrogen) atoms. The summed E-state index contributed by atoms with van der Waals surface area (Å²) in [4.78, 5) is 19.4. The second kappa shape index (κ2) is 12.2. The molecule has 2 aromatic heterocycles. The second-order valence-corrected chi connectivity index (χ2v) is 8.95. The van der Waals surface area contributed by atoms with Crippen molar-refractivity contribution in [1.29, 1.82) is 0 Å². The van der Waals surface area contributed by atoms with Gasteiger partial charge in [-0.1, -0.05) is 6.92 Å². The minimum atomic E-state index is -0.239. The number of halogens is 1. The summed E-state index contributed by atoms with van der Waals surface area (Å²) in [5.74, 6) is 1.52. The van der Waals surface area contributed by atoms with Gasteiger partial charge in [0.2, 0.25) is 0 Å². The number of hydrogen-bond donors (Lipinski definition) is 0. The van der Waals surface area contributed by atoms with Crippen LogP contribution in [-0.2, 0) is 24.1 Å². The number of methoxy groups -OCH3 is 1. The van der Waals surface area contributed by atoms with E-state index < -0.39 is 0 Å². The molecule has 5 nitrogen and oxygen atoms in total. The smallest absolute Gasteiger partial charge is 0.123 e. The van der Waals surface area contributed by atoms with Crippen molar-refractivity contribution in [3.05, 3.63) is 81.9 Å². The van der Waals surface area contributed by atoms with Gasteiger partial charge < -0.3 is 14.1 Å². The molecule has 2 aromatic carbocycles. The summed E-state index contributed by atoms with van der Waals surface area (Å²) in [7, 11) is 1.65. The third-order valence-corrected chi connectivity index (χ3v) is 6.36. The SMILES string of the molecule is CC=O.CCc1nc(-c2ccc(OC)cc2)cn1-c1ccc(F)cc1.Cc1nc2c(s1)CCC2. The average molecular weight is 480 g/mol. The summed E-state index contributed by atoms with van der Waals surface area (Å²) >= 11 is 1.87. The van der Waals surface area contributed by atoms with E-state index in [-0.39, 0.29) is 5.82 Å². The van der Waals surface area contributed by atoms with Crippen LogP contribution in [0.2, 0.25) is 0 Å². The van der Waals surface area contributed by atoms with Gasteiger partial charge in [-0.25, -0.2) is 14.4 Å². The van der Waals surface area contributed by atoms with Crippen LogP contribution >= 0.6 is 11.3 Å². The highest BCUT2D eigenvalue weighted by Crippen LogP contribution is 2.26. The van der Waals surface area contributed by atoms with Crippen LogP contribution in [-0.4, -0.2) is 27.9 Å². The molecular weight excluding hydrogens is 449 g/mol.